The van der Waals surface area contributed by atoms with Gasteiger partial charge in [0, 0.05) is 32.2 Å². The summed E-state index contributed by atoms with van der Waals surface area (Å²) in [5.74, 6) is 0. The van der Waals surface area contributed by atoms with Gasteiger partial charge in [0.15, 0.2) is 0 Å². The summed E-state index contributed by atoms with van der Waals surface area (Å²) in [7, 11) is 2.08. The van der Waals surface area contributed by atoms with Crippen LogP contribution in [0.25, 0.3) is 0 Å². The summed E-state index contributed by atoms with van der Waals surface area (Å²) in [4.78, 5) is 24.6. The molecule has 0 spiro atoms. The van der Waals surface area contributed by atoms with Crippen LogP contribution in [0.1, 0.15) is 25.7 Å². The van der Waals surface area contributed by atoms with Crippen LogP contribution in [-0.4, -0.2) is 71.2 Å². The van der Waals surface area contributed by atoms with Gasteiger partial charge in [-0.15, -0.1) is 0 Å². The number of hydrogen-bond acceptors (Lipinski definition) is 5. The van der Waals surface area contributed by atoms with Crippen LogP contribution in [0.2, 0.25) is 5.02 Å². The SMILES string of the molecule is CN1CCN(C(=O)NC2CCC(Oc3ncc(Cl)cn3)CC2)CC1. The van der Waals surface area contributed by atoms with Gasteiger partial charge in [-0.1, -0.05) is 11.6 Å². The van der Waals surface area contributed by atoms with Crippen LogP contribution in [-0.2, 0) is 0 Å². The van der Waals surface area contributed by atoms with Crippen molar-refractivity contribution in [2.75, 3.05) is 33.2 Å². The van der Waals surface area contributed by atoms with Crippen molar-refractivity contribution in [2.24, 2.45) is 0 Å². The number of aromatic nitrogens is 2. The van der Waals surface area contributed by atoms with Crippen molar-refractivity contribution < 1.29 is 9.53 Å². The van der Waals surface area contributed by atoms with Crippen LogP contribution in [0.15, 0.2) is 12.4 Å². The van der Waals surface area contributed by atoms with E-state index < -0.39 is 0 Å². The molecule has 2 heterocycles. The van der Waals surface area contributed by atoms with Crippen LogP contribution >= 0.6 is 11.6 Å². The third kappa shape index (κ3) is 4.70. The molecule has 0 bridgehead atoms. The lowest BCUT2D eigenvalue weighted by atomic mass is 9.93. The molecule has 8 heteroatoms. The summed E-state index contributed by atoms with van der Waals surface area (Å²) in [5, 5.41) is 3.66. The molecular formula is C16H24ClN5O2. The average molecular weight is 354 g/mol. The van der Waals surface area contributed by atoms with Gasteiger partial charge in [0.2, 0.25) is 0 Å². The summed E-state index contributed by atoms with van der Waals surface area (Å²) >= 11 is 5.77. The van der Waals surface area contributed by atoms with Crippen LogP contribution in [0.4, 0.5) is 4.79 Å². The number of amides is 2. The number of nitrogens with zero attached hydrogens (tertiary/aromatic N) is 4. The fourth-order valence-electron chi connectivity index (χ4n) is 3.11. The highest BCUT2D eigenvalue weighted by molar-refractivity contribution is 6.30. The number of halogens is 1. The molecule has 1 aromatic rings. The van der Waals surface area contributed by atoms with Crippen LogP contribution in [0.3, 0.4) is 0 Å². The number of piperazine rings is 1. The second-order valence-corrected chi connectivity index (χ2v) is 6.95. The standard InChI is InChI=1S/C16H24ClN5O2/c1-21-6-8-22(9-7-21)16(23)20-13-2-4-14(5-3-13)24-15-18-10-12(17)11-19-15/h10-11,13-14H,2-9H2,1H3,(H,20,23). The van der Waals surface area contributed by atoms with Gasteiger partial charge < -0.3 is 19.9 Å². The first-order valence-electron chi connectivity index (χ1n) is 8.48. The minimum Gasteiger partial charge on any atom is -0.460 e. The Morgan fingerprint density at radius 3 is 2.42 bits per heavy atom. The molecule has 132 valence electrons. The zero-order valence-corrected chi connectivity index (χ0v) is 14.7. The summed E-state index contributed by atoms with van der Waals surface area (Å²) in [6, 6.07) is 0.654. The Balaban J connectivity index is 1.40. The van der Waals surface area contributed by atoms with Crippen molar-refractivity contribution in [3.8, 4) is 6.01 Å². The molecule has 0 unspecified atom stereocenters. The summed E-state index contributed by atoms with van der Waals surface area (Å²) < 4.78 is 5.78. The largest absolute Gasteiger partial charge is 0.460 e. The fourth-order valence-corrected chi connectivity index (χ4v) is 3.21. The molecule has 1 saturated carbocycles. The Labute approximate surface area is 147 Å². The van der Waals surface area contributed by atoms with E-state index in [-0.39, 0.29) is 18.2 Å². The third-order valence-corrected chi connectivity index (χ3v) is 4.86. The number of likely N-dealkylation sites (N-methyl/N-ethyl adjacent to an activating group) is 1. The third-order valence-electron chi connectivity index (χ3n) is 4.66. The maximum Gasteiger partial charge on any atom is 0.317 e. The van der Waals surface area contributed by atoms with E-state index >= 15 is 0 Å². The summed E-state index contributed by atoms with van der Waals surface area (Å²) in [6.07, 6.45) is 6.77. The lowest BCUT2D eigenvalue weighted by Crippen LogP contribution is -2.53. The number of carbonyl (C=O) groups excluding carboxylic acids is 1. The van der Waals surface area contributed by atoms with Crippen LogP contribution in [0, 0.1) is 0 Å². The number of rotatable bonds is 3. The van der Waals surface area contributed by atoms with Crippen LogP contribution in [0.5, 0.6) is 6.01 Å². The minimum absolute atomic E-state index is 0.0634. The first-order chi connectivity index (χ1) is 11.6. The first-order valence-corrected chi connectivity index (χ1v) is 8.86. The Morgan fingerprint density at radius 1 is 1.17 bits per heavy atom. The van der Waals surface area contributed by atoms with E-state index in [0.29, 0.717) is 11.0 Å². The predicted octanol–water partition coefficient (Wildman–Crippen LogP) is 1.78. The molecule has 1 aliphatic carbocycles. The zero-order chi connectivity index (χ0) is 16.9. The molecule has 0 atom stereocenters. The molecule has 2 fully saturated rings. The Hall–Kier alpha value is -1.60. The second kappa shape index (κ2) is 7.98. The Kier molecular flexibility index (Phi) is 5.73. The van der Waals surface area contributed by atoms with Gasteiger partial charge >= 0.3 is 12.0 Å². The van der Waals surface area contributed by atoms with E-state index in [1.54, 1.807) is 0 Å². The number of carbonyl (C=O) groups is 1. The van der Waals surface area contributed by atoms with E-state index in [1.807, 2.05) is 4.90 Å². The summed E-state index contributed by atoms with van der Waals surface area (Å²) in [5.41, 5.74) is 0. The van der Waals surface area contributed by atoms with Gasteiger partial charge in [-0.3, -0.25) is 0 Å². The molecule has 0 aromatic carbocycles. The first kappa shape index (κ1) is 17.2. The smallest absolute Gasteiger partial charge is 0.317 e. The molecule has 7 nitrogen and oxygen atoms in total. The molecule has 0 radical (unpaired) electrons. The molecule has 2 aliphatic rings. The van der Waals surface area contributed by atoms with E-state index in [0.717, 1.165) is 51.9 Å². The molecule has 3 rings (SSSR count). The Bertz CT molecular complexity index is 540. The van der Waals surface area contributed by atoms with Crippen molar-refractivity contribution >= 4 is 17.6 Å². The number of nitrogens with one attached hydrogen (secondary N) is 1. The van der Waals surface area contributed by atoms with Crippen molar-refractivity contribution in [1.29, 1.82) is 0 Å². The molecule has 1 aromatic heterocycles. The van der Waals surface area contributed by atoms with Gasteiger partial charge in [-0.05, 0) is 32.7 Å². The highest BCUT2D eigenvalue weighted by atomic mass is 35.5. The van der Waals surface area contributed by atoms with Crippen molar-refractivity contribution in [3.05, 3.63) is 17.4 Å². The monoisotopic (exact) mass is 353 g/mol. The van der Waals surface area contributed by atoms with Crippen molar-refractivity contribution in [1.82, 2.24) is 25.1 Å². The van der Waals surface area contributed by atoms with E-state index in [2.05, 4.69) is 27.2 Å². The number of hydrogen-bond donors (Lipinski definition) is 1. The highest BCUT2D eigenvalue weighted by Gasteiger charge is 2.26. The molecule has 1 aliphatic heterocycles. The molecule has 2 amide bonds. The predicted molar refractivity (Wildman–Crippen MR) is 91.3 cm³/mol. The lowest BCUT2D eigenvalue weighted by Gasteiger charge is -2.35. The van der Waals surface area contributed by atoms with Gasteiger partial charge in [-0.2, -0.15) is 0 Å². The van der Waals surface area contributed by atoms with Crippen LogP contribution < -0.4 is 10.1 Å². The van der Waals surface area contributed by atoms with Gasteiger partial charge in [0.05, 0.1) is 17.4 Å². The van der Waals surface area contributed by atoms with Gasteiger partial charge in [-0.25, -0.2) is 14.8 Å². The van der Waals surface area contributed by atoms with Gasteiger partial charge in [0.25, 0.3) is 0 Å². The second-order valence-electron chi connectivity index (χ2n) is 6.52. The maximum absolute atomic E-state index is 12.3. The van der Waals surface area contributed by atoms with E-state index in [1.165, 1.54) is 12.4 Å². The molecule has 24 heavy (non-hydrogen) atoms. The Morgan fingerprint density at radius 2 is 1.79 bits per heavy atom. The lowest BCUT2D eigenvalue weighted by molar-refractivity contribution is 0.121. The van der Waals surface area contributed by atoms with E-state index in [4.69, 9.17) is 16.3 Å². The van der Waals surface area contributed by atoms with Crippen molar-refractivity contribution in [2.45, 2.75) is 37.8 Å². The quantitative estimate of drug-likeness (QED) is 0.896. The topological polar surface area (TPSA) is 70.6 Å². The molecular weight excluding hydrogens is 330 g/mol. The fraction of sp³-hybridized carbons (Fsp3) is 0.688. The average Bonchev–Trinajstić information content (AvgIpc) is 2.59. The van der Waals surface area contributed by atoms with Crippen molar-refractivity contribution in [3.63, 3.8) is 0 Å². The summed E-state index contributed by atoms with van der Waals surface area (Å²) in [6.45, 7) is 3.48. The highest BCUT2D eigenvalue weighted by Crippen LogP contribution is 2.22. The zero-order valence-electron chi connectivity index (χ0n) is 13.9. The maximum atomic E-state index is 12.3. The molecule has 1 saturated heterocycles. The van der Waals surface area contributed by atoms with Gasteiger partial charge in [0.1, 0.15) is 6.10 Å². The minimum atomic E-state index is 0.0634. The molecule has 1 N–H and O–H groups in total. The normalized spacial score (nSPS) is 25.3. The number of urea groups is 1. The van der Waals surface area contributed by atoms with E-state index in [9.17, 15) is 4.79 Å². The number of ether oxygens (including phenoxy) is 1.